The lowest BCUT2D eigenvalue weighted by Crippen LogP contribution is -2.22. The maximum Gasteiger partial charge on any atom is 0.232 e. The molecule has 0 aliphatic carbocycles. The summed E-state index contributed by atoms with van der Waals surface area (Å²) in [5.41, 5.74) is 1.07. The molecule has 2 aromatic heterocycles. The molecule has 0 amide bonds. The van der Waals surface area contributed by atoms with Gasteiger partial charge in [-0.05, 0) is 13.0 Å². The highest BCUT2D eigenvalue weighted by Gasteiger charge is 2.12. The van der Waals surface area contributed by atoms with Crippen molar-refractivity contribution in [3.8, 4) is 0 Å². The molecule has 1 N–H and O–H groups in total. The summed E-state index contributed by atoms with van der Waals surface area (Å²) in [6, 6.07) is 1.93. The molecule has 0 saturated carbocycles. The fourth-order valence-corrected chi connectivity index (χ4v) is 1.69. The molecule has 0 unspecified atom stereocenters. The summed E-state index contributed by atoms with van der Waals surface area (Å²) >= 11 is 0. The van der Waals surface area contributed by atoms with E-state index in [9.17, 15) is 0 Å². The molecule has 2 heterocycles. The SMILES string of the molecule is CCNc1nc(N(C)C)nc(N(C)Cc2ccoc2)n1. The third-order valence-electron chi connectivity index (χ3n) is 2.69. The zero-order valence-corrected chi connectivity index (χ0v) is 12.3. The standard InChI is InChI=1S/C13H20N6O/c1-5-14-11-15-12(18(2)3)17-13(16-11)19(4)8-10-6-7-20-9-10/h6-7,9H,5,8H2,1-4H3,(H,14,15,16,17). The van der Waals surface area contributed by atoms with Crippen LogP contribution in [0.4, 0.5) is 17.8 Å². The maximum absolute atomic E-state index is 5.08. The van der Waals surface area contributed by atoms with E-state index in [2.05, 4.69) is 20.3 Å². The number of nitrogens with one attached hydrogen (secondary N) is 1. The number of rotatable bonds is 6. The highest BCUT2D eigenvalue weighted by atomic mass is 16.3. The number of nitrogens with zero attached hydrogens (tertiary/aromatic N) is 5. The van der Waals surface area contributed by atoms with Crippen LogP contribution in [-0.2, 0) is 6.54 Å². The van der Waals surface area contributed by atoms with E-state index in [1.807, 2.05) is 43.9 Å². The maximum atomic E-state index is 5.08. The first kappa shape index (κ1) is 14.1. The highest BCUT2D eigenvalue weighted by molar-refractivity contribution is 5.44. The van der Waals surface area contributed by atoms with Crippen LogP contribution in [0.15, 0.2) is 23.0 Å². The molecule has 0 aliphatic heterocycles. The lowest BCUT2D eigenvalue weighted by molar-refractivity contribution is 0.563. The first-order chi connectivity index (χ1) is 9.60. The molecule has 20 heavy (non-hydrogen) atoms. The van der Waals surface area contributed by atoms with Crippen LogP contribution in [0.2, 0.25) is 0 Å². The number of anilines is 3. The second-order valence-electron chi connectivity index (χ2n) is 4.67. The number of hydrogen-bond acceptors (Lipinski definition) is 7. The second-order valence-corrected chi connectivity index (χ2v) is 4.67. The average molecular weight is 276 g/mol. The molecule has 108 valence electrons. The van der Waals surface area contributed by atoms with Gasteiger partial charge < -0.3 is 19.5 Å². The zero-order valence-electron chi connectivity index (χ0n) is 12.3. The molecule has 2 rings (SSSR count). The average Bonchev–Trinajstić information content (AvgIpc) is 2.91. The van der Waals surface area contributed by atoms with Gasteiger partial charge in [0, 0.05) is 39.8 Å². The Bertz CT molecular complexity index is 540. The zero-order chi connectivity index (χ0) is 14.5. The molecular weight excluding hydrogens is 256 g/mol. The molecule has 0 radical (unpaired) electrons. The summed E-state index contributed by atoms with van der Waals surface area (Å²) in [5.74, 6) is 1.84. The quantitative estimate of drug-likeness (QED) is 0.859. The van der Waals surface area contributed by atoms with Crippen LogP contribution in [0, 0.1) is 0 Å². The Hall–Kier alpha value is -2.31. The van der Waals surface area contributed by atoms with Gasteiger partial charge in [-0.25, -0.2) is 0 Å². The van der Waals surface area contributed by atoms with Gasteiger partial charge in [0.15, 0.2) is 0 Å². The van der Waals surface area contributed by atoms with E-state index in [1.54, 1.807) is 12.5 Å². The molecule has 0 spiro atoms. The van der Waals surface area contributed by atoms with Gasteiger partial charge in [0.25, 0.3) is 0 Å². The third kappa shape index (κ3) is 3.37. The van der Waals surface area contributed by atoms with Crippen LogP contribution >= 0.6 is 0 Å². The molecule has 0 aliphatic rings. The molecule has 0 aromatic carbocycles. The fourth-order valence-electron chi connectivity index (χ4n) is 1.69. The van der Waals surface area contributed by atoms with Crippen molar-refractivity contribution in [1.82, 2.24) is 15.0 Å². The van der Waals surface area contributed by atoms with Gasteiger partial charge in [0.1, 0.15) is 0 Å². The van der Waals surface area contributed by atoms with Crippen molar-refractivity contribution in [3.63, 3.8) is 0 Å². The first-order valence-electron chi connectivity index (χ1n) is 6.49. The summed E-state index contributed by atoms with van der Waals surface area (Å²) in [5, 5.41) is 3.12. The van der Waals surface area contributed by atoms with E-state index in [0.29, 0.717) is 24.4 Å². The molecule has 0 fully saturated rings. The monoisotopic (exact) mass is 276 g/mol. The summed E-state index contributed by atoms with van der Waals surface area (Å²) in [7, 11) is 5.76. The predicted molar refractivity (Wildman–Crippen MR) is 79.1 cm³/mol. The Kier molecular flexibility index (Phi) is 4.39. The molecule has 7 heteroatoms. The summed E-state index contributed by atoms with van der Waals surface area (Å²) in [4.78, 5) is 17.0. The van der Waals surface area contributed by atoms with Crippen molar-refractivity contribution in [3.05, 3.63) is 24.2 Å². The fraction of sp³-hybridized carbons (Fsp3) is 0.462. The van der Waals surface area contributed by atoms with E-state index >= 15 is 0 Å². The van der Waals surface area contributed by atoms with Gasteiger partial charge in [0.2, 0.25) is 17.8 Å². The van der Waals surface area contributed by atoms with Gasteiger partial charge in [-0.2, -0.15) is 15.0 Å². The van der Waals surface area contributed by atoms with Crippen molar-refractivity contribution in [2.45, 2.75) is 13.5 Å². The van der Waals surface area contributed by atoms with Gasteiger partial charge in [0.05, 0.1) is 12.5 Å². The van der Waals surface area contributed by atoms with Gasteiger partial charge in [-0.15, -0.1) is 0 Å². The Labute approximate surface area is 118 Å². The summed E-state index contributed by atoms with van der Waals surface area (Å²) in [6.07, 6.45) is 3.38. The Balaban J connectivity index is 2.24. The van der Waals surface area contributed by atoms with Crippen LogP contribution in [0.3, 0.4) is 0 Å². The summed E-state index contributed by atoms with van der Waals surface area (Å²) in [6.45, 7) is 3.45. The van der Waals surface area contributed by atoms with Crippen molar-refractivity contribution in [2.75, 3.05) is 42.8 Å². The minimum absolute atomic E-state index is 0.584. The van der Waals surface area contributed by atoms with Crippen molar-refractivity contribution < 1.29 is 4.42 Å². The number of aromatic nitrogens is 3. The van der Waals surface area contributed by atoms with Crippen LogP contribution in [0.1, 0.15) is 12.5 Å². The van der Waals surface area contributed by atoms with E-state index in [1.165, 1.54) is 0 Å². The second kappa shape index (κ2) is 6.23. The smallest absolute Gasteiger partial charge is 0.232 e. The highest BCUT2D eigenvalue weighted by Crippen LogP contribution is 2.16. The minimum atomic E-state index is 0.584. The van der Waals surface area contributed by atoms with Crippen LogP contribution in [-0.4, -0.2) is 42.6 Å². The lowest BCUT2D eigenvalue weighted by atomic mass is 10.3. The van der Waals surface area contributed by atoms with Crippen LogP contribution in [0.25, 0.3) is 0 Å². The van der Waals surface area contributed by atoms with Crippen molar-refractivity contribution in [2.24, 2.45) is 0 Å². The van der Waals surface area contributed by atoms with E-state index in [0.717, 1.165) is 12.1 Å². The minimum Gasteiger partial charge on any atom is -0.472 e. The van der Waals surface area contributed by atoms with Crippen LogP contribution < -0.4 is 15.1 Å². The molecule has 0 atom stereocenters. The molecular formula is C13H20N6O. The Morgan fingerprint density at radius 1 is 1.15 bits per heavy atom. The molecule has 7 nitrogen and oxygen atoms in total. The van der Waals surface area contributed by atoms with Gasteiger partial charge in [-0.1, -0.05) is 0 Å². The molecule has 0 bridgehead atoms. The van der Waals surface area contributed by atoms with E-state index < -0.39 is 0 Å². The lowest BCUT2D eigenvalue weighted by Gasteiger charge is -2.19. The topological polar surface area (TPSA) is 70.3 Å². The number of hydrogen-bond donors (Lipinski definition) is 1. The first-order valence-corrected chi connectivity index (χ1v) is 6.49. The number of furan rings is 1. The van der Waals surface area contributed by atoms with Crippen molar-refractivity contribution >= 4 is 17.8 Å². The third-order valence-corrected chi connectivity index (χ3v) is 2.69. The Morgan fingerprint density at radius 2 is 1.90 bits per heavy atom. The van der Waals surface area contributed by atoms with E-state index in [-0.39, 0.29) is 0 Å². The van der Waals surface area contributed by atoms with Crippen LogP contribution in [0.5, 0.6) is 0 Å². The largest absolute Gasteiger partial charge is 0.472 e. The molecule has 0 saturated heterocycles. The summed E-state index contributed by atoms with van der Waals surface area (Å²) < 4.78 is 5.08. The van der Waals surface area contributed by atoms with Gasteiger partial charge in [-0.3, -0.25) is 0 Å². The van der Waals surface area contributed by atoms with E-state index in [4.69, 9.17) is 4.42 Å². The predicted octanol–water partition coefficient (Wildman–Crippen LogP) is 1.60. The molecule has 2 aromatic rings. The Morgan fingerprint density at radius 3 is 2.50 bits per heavy atom. The van der Waals surface area contributed by atoms with Crippen molar-refractivity contribution in [1.29, 1.82) is 0 Å². The normalized spacial score (nSPS) is 10.4. The van der Waals surface area contributed by atoms with Gasteiger partial charge >= 0.3 is 0 Å².